The van der Waals surface area contributed by atoms with Gasteiger partial charge in [-0.1, -0.05) is 13.8 Å². The summed E-state index contributed by atoms with van der Waals surface area (Å²) in [5.74, 6) is 0. The van der Waals surface area contributed by atoms with Crippen molar-refractivity contribution in [1.29, 1.82) is 0 Å². The maximum atomic E-state index is 3.78. The molecule has 1 rings (SSSR count). The number of hydrogen-bond acceptors (Lipinski definition) is 3. The molecule has 3 heteroatoms. The molecule has 0 aromatic rings. The lowest BCUT2D eigenvalue weighted by Gasteiger charge is -2.38. The lowest BCUT2D eigenvalue weighted by Crippen LogP contribution is -2.52. The zero-order valence-electron chi connectivity index (χ0n) is 12.3. The number of thioether (sulfide) groups is 1. The molecule has 1 aliphatic rings. The van der Waals surface area contributed by atoms with E-state index in [4.69, 9.17) is 0 Å². The molecule has 0 aliphatic carbocycles. The largest absolute Gasteiger partial charge is 0.310 e. The third-order valence-corrected chi connectivity index (χ3v) is 5.42. The third-order valence-electron chi connectivity index (χ3n) is 4.19. The number of hydrogen-bond donors (Lipinski definition) is 1. The van der Waals surface area contributed by atoms with Crippen LogP contribution in [0.15, 0.2) is 0 Å². The van der Waals surface area contributed by atoms with Crippen LogP contribution in [0.25, 0.3) is 0 Å². The molecule has 0 atom stereocenters. The first-order valence-corrected chi connectivity index (χ1v) is 8.22. The molecular formula is C14H30N2S. The predicted molar refractivity (Wildman–Crippen MR) is 80.0 cm³/mol. The topological polar surface area (TPSA) is 15.3 Å². The Morgan fingerprint density at radius 2 is 1.94 bits per heavy atom. The van der Waals surface area contributed by atoms with Gasteiger partial charge in [-0.2, -0.15) is 11.8 Å². The fourth-order valence-electron chi connectivity index (χ4n) is 2.68. The van der Waals surface area contributed by atoms with E-state index >= 15 is 0 Å². The Balaban J connectivity index is 2.66. The van der Waals surface area contributed by atoms with Gasteiger partial charge in [0.15, 0.2) is 0 Å². The molecule has 0 aromatic carbocycles. The van der Waals surface area contributed by atoms with Crippen molar-refractivity contribution in [2.45, 2.75) is 57.2 Å². The summed E-state index contributed by atoms with van der Waals surface area (Å²) in [5.41, 5.74) is 0.352. The molecule has 1 saturated heterocycles. The van der Waals surface area contributed by atoms with Crippen molar-refractivity contribution < 1.29 is 0 Å². The molecule has 0 amide bonds. The zero-order chi connectivity index (χ0) is 12.9. The van der Waals surface area contributed by atoms with Gasteiger partial charge in [0.05, 0.1) is 0 Å². The lowest BCUT2D eigenvalue weighted by molar-refractivity contribution is 0.188. The van der Waals surface area contributed by atoms with Crippen molar-refractivity contribution in [3.05, 3.63) is 0 Å². The molecule has 0 saturated carbocycles. The smallest absolute Gasteiger partial charge is 0.0303 e. The standard InChI is InChI=1S/C14H30N2S/c1-6-14(7-2)12-16(10-8-9-15-14)11-13(3,4)17-5/h15H,6-12H2,1-5H3. The Bertz CT molecular complexity index is 224. The van der Waals surface area contributed by atoms with Gasteiger partial charge < -0.3 is 10.2 Å². The molecule has 102 valence electrons. The minimum atomic E-state index is 0.352. The fourth-order valence-corrected chi connectivity index (χ4v) is 2.99. The van der Waals surface area contributed by atoms with Gasteiger partial charge in [0.2, 0.25) is 0 Å². The SMILES string of the molecule is CCC1(CC)CN(CC(C)(C)SC)CCCN1. The van der Waals surface area contributed by atoms with Crippen molar-refractivity contribution >= 4 is 11.8 Å². The van der Waals surface area contributed by atoms with Gasteiger partial charge in [-0.05, 0) is 52.5 Å². The molecular weight excluding hydrogens is 228 g/mol. The first-order chi connectivity index (χ1) is 7.97. The van der Waals surface area contributed by atoms with E-state index in [-0.39, 0.29) is 0 Å². The van der Waals surface area contributed by atoms with E-state index in [1.165, 1.54) is 45.4 Å². The second kappa shape index (κ2) is 6.44. The maximum Gasteiger partial charge on any atom is 0.0303 e. The van der Waals surface area contributed by atoms with Crippen molar-refractivity contribution in [1.82, 2.24) is 10.2 Å². The van der Waals surface area contributed by atoms with Crippen LogP contribution < -0.4 is 5.32 Å². The van der Waals surface area contributed by atoms with Crippen LogP contribution in [-0.2, 0) is 0 Å². The van der Waals surface area contributed by atoms with Crippen molar-refractivity contribution in [2.75, 3.05) is 32.4 Å². The molecule has 17 heavy (non-hydrogen) atoms. The first-order valence-electron chi connectivity index (χ1n) is 6.99. The lowest BCUT2D eigenvalue weighted by atomic mass is 9.92. The molecule has 0 unspecified atom stereocenters. The highest BCUT2D eigenvalue weighted by atomic mass is 32.2. The van der Waals surface area contributed by atoms with Gasteiger partial charge in [-0.15, -0.1) is 0 Å². The maximum absolute atomic E-state index is 3.78. The van der Waals surface area contributed by atoms with Gasteiger partial charge >= 0.3 is 0 Å². The summed E-state index contributed by atoms with van der Waals surface area (Å²) < 4.78 is 0.373. The van der Waals surface area contributed by atoms with Crippen LogP contribution in [0.5, 0.6) is 0 Å². The van der Waals surface area contributed by atoms with E-state index in [1.54, 1.807) is 0 Å². The molecule has 0 spiro atoms. The van der Waals surface area contributed by atoms with Crippen LogP contribution in [0, 0.1) is 0 Å². The number of rotatable bonds is 5. The minimum Gasteiger partial charge on any atom is -0.310 e. The highest BCUT2D eigenvalue weighted by Crippen LogP contribution is 2.26. The molecule has 2 nitrogen and oxygen atoms in total. The van der Waals surface area contributed by atoms with E-state index in [9.17, 15) is 0 Å². The van der Waals surface area contributed by atoms with Gasteiger partial charge in [-0.3, -0.25) is 0 Å². The summed E-state index contributed by atoms with van der Waals surface area (Å²) in [4.78, 5) is 2.67. The first kappa shape index (κ1) is 15.3. The normalized spacial score (nSPS) is 22.4. The van der Waals surface area contributed by atoms with Crippen LogP contribution in [0.4, 0.5) is 0 Å². The summed E-state index contributed by atoms with van der Waals surface area (Å²) in [6, 6.07) is 0. The Morgan fingerprint density at radius 1 is 1.29 bits per heavy atom. The van der Waals surface area contributed by atoms with Crippen LogP contribution >= 0.6 is 11.8 Å². The van der Waals surface area contributed by atoms with E-state index in [1.807, 2.05) is 11.8 Å². The van der Waals surface area contributed by atoms with Crippen LogP contribution in [0.1, 0.15) is 47.0 Å². The highest BCUT2D eigenvalue weighted by molar-refractivity contribution is 7.99. The Morgan fingerprint density at radius 3 is 2.47 bits per heavy atom. The van der Waals surface area contributed by atoms with Crippen LogP contribution in [-0.4, -0.2) is 47.6 Å². The average molecular weight is 258 g/mol. The highest BCUT2D eigenvalue weighted by Gasteiger charge is 2.32. The minimum absolute atomic E-state index is 0.352. The number of nitrogens with zero attached hydrogens (tertiary/aromatic N) is 1. The fraction of sp³-hybridized carbons (Fsp3) is 1.00. The molecule has 1 heterocycles. The van der Waals surface area contributed by atoms with Crippen molar-refractivity contribution in [3.63, 3.8) is 0 Å². The Hall–Kier alpha value is 0.270. The Kier molecular flexibility index (Phi) is 5.81. The number of nitrogens with one attached hydrogen (secondary N) is 1. The molecule has 1 N–H and O–H groups in total. The summed E-state index contributed by atoms with van der Waals surface area (Å²) in [6.07, 6.45) is 5.98. The van der Waals surface area contributed by atoms with Crippen LogP contribution in [0.3, 0.4) is 0 Å². The molecule has 0 bridgehead atoms. The van der Waals surface area contributed by atoms with Crippen molar-refractivity contribution in [2.24, 2.45) is 0 Å². The monoisotopic (exact) mass is 258 g/mol. The van der Waals surface area contributed by atoms with E-state index in [2.05, 4.69) is 44.2 Å². The molecule has 1 aliphatic heterocycles. The van der Waals surface area contributed by atoms with Gasteiger partial charge in [-0.25, -0.2) is 0 Å². The summed E-state index contributed by atoms with van der Waals surface area (Å²) in [7, 11) is 0. The molecule has 0 radical (unpaired) electrons. The zero-order valence-corrected chi connectivity index (χ0v) is 13.1. The second-order valence-corrected chi connectivity index (χ2v) is 7.46. The van der Waals surface area contributed by atoms with E-state index < -0.39 is 0 Å². The van der Waals surface area contributed by atoms with Gasteiger partial charge in [0, 0.05) is 23.4 Å². The quantitative estimate of drug-likeness (QED) is 0.816. The predicted octanol–water partition coefficient (Wildman–Crippen LogP) is 2.98. The van der Waals surface area contributed by atoms with Gasteiger partial charge in [0.1, 0.15) is 0 Å². The van der Waals surface area contributed by atoms with Crippen LogP contribution in [0.2, 0.25) is 0 Å². The Labute approximate surface area is 112 Å². The van der Waals surface area contributed by atoms with E-state index in [0.717, 1.165) is 0 Å². The summed E-state index contributed by atoms with van der Waals surface area (Å²) in [5, 5.41) is 3.78. The second-order valence-electron chi connectivity index (χ2n) is 5.94. The summed E-state index contributed by atoms with van der Waals surface area (Å²) in [6.45, 7) is 14.2. The van der Waals surface area contributed by atoms with Gasteiger partial charge in [0.25, 0.3) is 0 Å². The van der Waals surface area contributed by atoms with Crippen molar-refractivity contribution in [3.8, 4) is 0 Å². The third kappa shape index (κ3) is 4.46. The molecule has 1 fully saturated rings. The molecule has 0 aromatic heterocycles. The average Bonchev–Trinajstić information content (AvgIpc) is 2.51. The summed E-state index contributed by atoms with van der Waals surface area (Å²) >= 11 is 1.98. The van der Waals surface area contributed by atoms with E-state index in [0.29, 0.717) is 10.3 Å².